The Hall–Kier alpha value is -1.61. The Morgan fingerprint density at radius 3 is 2.95 bits per heavy atom. The Morgan fingerprint density at radius 1 is 1.33 bits per heavy atom. The van der Waals surface area contributed by atoms with E-state index >= 15 is 0 Å². The Bertz CT molecular complexity index is 689. The van der Waals surface area contributed by atoms with Gasteiger partial charge in [-0.25, -0.2) is 0 Å². The van der Waals surface area contributed by atoms with Crippen LogP contribution in [0.5, 0.6) is 0 Å². The van der Waals surface area contributed by atoms with Crippen LogP contribution in [0, 0.1) is 6.92 Å². The first-order chi connectivity index (χ1) is 10.1. The minimum Gasteiger partial charge on any atom is -0.326 e. The third kappa shape index (κ3) is 3.03. The number of likely N-dealkylation sites (tertiary alicyclic amines) is 1. The molecule has 21 heavy (non-hydrogen) atoms. The van der Waals surface area contributed by atoms with Gasteiger partial charge in [0, 0.05) is 17.1 Å². The number of rotatable bonds is 4. The molecule has 1 fully saturated rings. The zero-order valence-electron chi connectivity index (χ0n) is 13.0. The van der Waals surface area contributed by atoms with Gasteiger partial charge in [-0.2, -0.15) is 0 Å². The molecule has 1 saturated heterocycles. The summed E-state index contributed by atoms with van der Waals surface area (Å²) >= 11 is 0. The molecule has 1 aliphatic heterocycles. The van der Waals surface area contributed by atoms with Gasteiger partial charge in [-0.05, 0) is 75.7 Å². The van der Waals surface area contributed by atoms with E-state index in [0.717, 1.165) is 41.9 Å². The van der Waals surface area contributed by atoms with Gasteiger partial charge >= 0.3 is 0 Å². The molecule has 0 saturated carbocycles. The highest BCUT2D eigenvalue weighted by molar-refractivity contribution is 5.84. The molecule has 0 aliphatic carbocycles. The highest BCUT2D eigenvalue weighted by atomic mass is 16.1. The van der Waals surface area contributed by atoms with Crippen molar-refractivity contribution >= 4 is 10.8 Å². The maximum absolute atomic E-state index is 12.2. The zero-order valence-corrected chi connectivity index (χ0v) is 13.0. The van der Waals surface area contributed by atoms with Gasteiger partial charge in [0.25, 0.3) is 5.56 Å². The molecule has 1 aromatic carbocycles. The lowest BCUT2D eigenvalue weighted by Gasteiger charge is -2.20. The van der Waals surface area contributed by atoms with Crippen LogP contribution in [0.2, 0.25) is 0 Å². The minimum atomic E-state index is 0.0424. The van der Waals surface area contributed by atoms with Gasteiger partial charge in [-0.1, -0.05) is 12.1 Å². The summed E-state index contributed by atoms with van der Waals surface area (Å²) in [6, 6.07) is 8.79. The summed E-state index contributed by atoms with van der Waals surface area (Å²) < 4.78 is 0. The third-order valence-corrected chi connectivity index (χ3v) is 4.74. The number of hydrogen-bond acceptors (Lipinski definition) is 2. The molecule has 3 rings (SSSR count). The Labute approximate surface area is 126 Å². The fourth-order valence-electron chi connectivity index (χ4n) is 3.43. The standard InChI is InChI=1S/C18H24N2O/c1-13-6-3-9-16-17(13)12-15(19-18(16)21)8-5-11-20-10-4-7-14(20)2/h3,6,9,12,14H,4-5,7-8,10-11H2,1-2H3,(H,19,21)/t14-/m0/s1. The second-order valence-electron chi connectivity index (χ2n) is 6.29. The van der Waals surface area contributed by atoms with E-state index in [0.29, 0.717) is 0 Å². The van der Waals surface area contributed by atoms with E-state index in [1.165, 1.54) is 24.9 Å². The van der Waals surface area contributed by atoms with E-state index in [1.807, 2.05) is 12.1 Å². The van der Waals surface area contributed by atoms with Crippen molar-refractivity contribution in [2.45, 2.75) is 45.6 Å². The summed E-state index contributed by atoms with van der Waals surface area (Å²) in [5, 5.41) is 1.89. The van der Waals surface area contributed by atoms with Crippen LogP contribution in [-0.4, -0.2) is 29.0 Å². The molecule has 1 N–H and O–H groups in total. The van der Waals surface area contributed by atoms with Crippen LogP contribution in [-0.2, 0) is 6.42 Å². The van der Waals surface area contributed by atoms with Crippen molar-refractivity contribution in [1.82, 2.24) is 9.88 Å². The summed E-state index contributed by atoms with van der Waals surface area (Å²) in [4.78, 5) is 17.8. The molecular weight excluding hydrogens is 260 g/mol. The maximum Gasteiger partial charge on any atom is 0.256 e. The molecule has 0 radical (unpaired) electrons. The van der Waals surface area contributed by atoms with Gasteiger partial charge in [0.1, 0.15) is 0 Å². The molecule has 1 aromatic heterocycles. The Morgan fingerprint density at radius 2 is 2.19 bits per heavy atom. The number of aromatic amines is 1. The number of nitrogens with one attached hydrogen (secondary N) is 1. The number of aromatic nitrogens is 1. The first-order valence-corrected chi connectivity index (χ1v) is 8.01. The molecule has 0 unspecified atom stereocenters. The molecule has 1 atom stereocenters. The molecule has 2 aromatic rings. The lowest BCUT2D eigenvalue weighted by atomic mass is 10.1. The summed E-state index contributed by atoms with van der Waals surface area (Å²) in [6.07, 6.45) is 4.71. The van der Waals surface area contributed by atoms with Crippen molar-refractivity contribution in [3.8, 4) is 0 Å². The average Bonchev–Trinajstić information content (AvgIpc) is 2.86. The lowest BCUT2D eigenvalue weighted by Crippen LogP contribution is -2.28. The van der Waals surface area contributed by atoms with E-state index in [-0.39, 0.29) is 5.56 Å². The molecule has 112 valence electrons. The Balaban J connectivity index is 1.72. The van der Waals surface area contributed by atoms with Gasteiger partial charge in [0.15, 0.2) is 0 Å². The lowest BCUT2D eigenvalue weighted by molar-refractivity contribution is 0.265. The van der Waals surface area contributed by atoms with Crippen LogP contribution in [0.1, 0.15) is 37.4 Å². The molecule has 3 heteroatoms. The highest BCUT2D eigenvalue weighted by Crippen LogP contribution is 2.18. The third-order valence-electron chi connectivity index (χ3n) is 4.74. The van der Waals surface area contributed by atoms with Crippen molar-refractivity contribution < 1.29 is 0 Å². The van der Waals surface area contributed by atoms with Gasteiger partial charge < -0.3 is 9.88 Å². The summed E-state index contributed by atoms with van der Waals surface area (Å²) in [7, 11) is 0. The number of benzene rings is 1. The van der Waals surface area contributed by atoms with Gasteiger partial charge in [0.2, 0.25) is 0 Å². The van der Waals surface area contributed by atoms with Crippen molar-refractivity contribution in [2.24, 2.45) is 0 Å². The number of nitrogens with zero attached hydrogens (tertiary/aromatic N) is 1. The number of H-pyrrole nitrogens is 1. The second kappa shape index (κ2) is 6.02. The number of hydrogen-bond donors (Lipinski definition) is 1. The molecule has 2 heterocycles. The van der Waals surface area contributed by atoms with Gasteiger partial charge in [-0.15, -0.1) is 0 Å². The normalized spacial score (nSPS) is 19.4. The topological polar surface area (TPSA) is 36.1 Å². The van der Waals surface area contributed by atoms with Crippen LogP contribution < -0.4 is 5.56 Å². The molecule has 0 bridgehead atoms. The summed E-state index contributed by atoms with van der Waals surface area (Å²) in [5.41, 5.74) is 2.28. The highest BCUT2D eigenvalue weighted by Gasteiger charge is 2.19. The maximum atomic E-state index is 12.2. The SMILES string of the molecule is Cc1cccc2c(=O)[nH]c(CCCN3CCC[C@@H]3C)cc12. The van der Waals surface area contributed by atoms with Crippen molar-refractivity contribution in [1.29, 1.82) is 0 Å². The van der Waals surface area contributed by atoms with E-state index in [9.17, 15) is 4.79 Å². The number of aryl methyl sites for hydroxylation is 2. The quantitative estimate of drug-likeness (QED) is 0.935. The van der Waals surface area contributed by atoms with E-state index < -0.39 is 0 Å². The summed E-state index contributed by atoms with van der Waals surface area (Å²) in [5.74, 6) is 0. The average molecular weight is 284 g/mol. The first-order valence-electron chi connectivity index (χ1n) is 8.01. The Kier molecular flexibility index (Phi) is 4.11. The van der Waals surface area contributed by atoms with Crippen molar-refractivity contribution in [3.63, 3.8) is 0 Å². The van der Waals surface area contributed by atoms with Gasteiger partial charge in [-0.3, -0.25) is 4.79 Å². The smallest absolute Gasteiger partial charge is 0.256 e. The van der Waals surface area contributed by atoms with E-state index in [2.05, 4.69) is 35.9 Å². The molecule has 3 nitrogen and oxygen atoms in total. The van der Waals surface area contributed by atoms with Crippen LogP contribution in [0.4, 0.5) is 0 Å². The molecule has 1 aliphatic rings. The predicted octanol–water partition coefficient (Wildman–Crippen LogP) is 3.25. The van der Waals surface area contributed by atoms with Crippen LogP contribution in [0.25, 0.3) is 10.8 Å². The number of fused-ring (bicyclic) bond motifs is 1. The predicted molar refractivity (Wildman–Crippen MR) is 87.9 cm³/mol. The van der Waals surface area contributed by atoms with Crippen LogP contribution >= 0.6 is 0 Å². The molecule has 0 amide bonds. The first kappa shape index (κ1) is 14.3. The van der Waals surface area contributed by atoms with E-state index in [1.54, 1.807) is 0 Å². The summed E-state index contributed by atoms with van der Waals surface area (Å²) in [6.45, 7) is 6.75. The molecule has 0 spiro atoms. The second-order valence-corrected chi connectivity index (χ2v) is 6.29. The number of pyridine rings is 1. The minimum absolute atomic E-state index is 0.0424. The van der Waals surface area contributed by atoms with Crippen molar-refractivity contribution in [3.05, 3.63) is 45.9 Å². The fraction of sp³-hybridized carbons (Fsp3) is 0.500. The fourth-order valence-corrected chi connectivity index (χ4v) is 3.43. The molecular formula is C18H24N2O. The monoisotopic (exact) mass is 284 g/mol. The van der Waals surface area contributed by atoms with Crippen LogP contribution in [0.3, 0.4) is 0 Å². The van der Waals surface area contributed by atoms with Gasteiger partial charge in [0.05, 0.1) is 0 Å². The largest absolute Gasteiger partial charge is 0.326 e. The van der Waals surface area contributed by atoms with Crippen molar-refractivity contribution in [2.75, 3.05) is 13.1 Å². The zero-order chi connectivity index (χ0) is 14.8. The van der Waals surface area contributed by atoms with E-state index in [4.69, 9.17) is 0 Å². The van der Waals surface area contributed by atoms with Crippen LogP contribution in [0.15, 0.2) is 29.1 Å².